The third-order valence-corrected chi connectivity index (χ3v) is 4.30. The number of amides is 2. The number of hydrogen-bond acceptors (Lipinski definition) is 4. The van der Waals surface area contributed by atoms with Crippen molar-refractivity contribution in [1.29, 1.82) is 0 Å². The van der Waals surface area contributed by atoms with Gasteiger partial charge in [-0.2, -0.15) is 0 Å². The van der Waals surface area contributed by atoms with Crippen LogP contribution in [0.15, 0.2) is 48.5 Å². The van der Waals surface area contributed by atoms with E-state index in [4.69, 9.17) is 9.47 Å². The quantitative estimate of drug-likeness (QED) is 0.663. The topological polar surface area (TPSA) is 76.7 Å². The summed E-state index contributed by atoms with van der Waals surface area (Å²) in [4.78, 5) is 24.2. The smallest absolute Gasteiger partial charge is 0.251 e. The fourth-order valence-corrected chi connectivity index (χ4v) is 2.70. The molecule has 0 aromatic heterocycles. The van der Waals surface area contributed by atoms with Crippen molar-refractivity contribution in [2.75, 3.05) is 12.4 Å². The highest BCUT2D eigenvalue weighted by atomic mass is 16.5. The third kappa shape index (κ3) is 6.10. The molecule has 0 heterocycles. The summed E-state index contributed by atoms with van der Waals surface area (Å²) in [5, 5.41) is 5.72. The summed E-state index contributed by atoms with van der Waals surface area (Å²) in [6.07, 6.45) is 5.29. The molecular weight excluding hydrogens is 368 g/mol. The number of methoxy groups -OCH3 is 1. The van der Waals surface area contributed by atoms with Gasteiger partial charge in [0, 0.05) is 23.4 Å². The number of carbonyl (C=O) groups is 2. The van der Waals surface area contributed by atoms with Gasteiger partial charge in [0.2, 0.25) is 5.91 Å². The van der Waals surface area contributed by atoms with Crippen LogP contribution in [0.5, 0.6) is 11.5 Å². The maximum atomic E-state index is 12.2. The Morgan fingerprint density at radius 2 is 1.79 bits per heavy atom. The Hall–Kier alpha value is -3.28. The molecule has 0 saturated heterocycles. The Morgan fingerprint density at radius 3 is 2.41 bits per heavy atom. The monoisotopic (exact) mass is 394 g/mol. The maximum absolute atomic E-state index is 12.2. The van der Waals surface area contributed by atoms with E-state index < -0.39 is 0 Å². The Bertz CT molecular complexity index is 900. The van der Waals surface area contributed by atoms with E-state index in [1.807, 2.05) is 32.0 Å². The molecule has 29 heavy (non-hydrogen) atoms. The molecule has 0 unspecified atom stereocenters. The molecule has 2 aromatic rings. The van der Waals surface area contributed by atoms with E-state index in [9.17, 15) is 9.59 Å². The average molecular weight is 394 g/mol. The van der Waals surface area contributed by atoms with Crippen LogP contribution in [0.3, 0.4) is 0 Å². The molecule has 3 rings (SSSR count). The van der Waals surface area contributed by atoms with Gasteiger partial charge in [0.05, 0.1) is 13.2 Å². The number of rotatable bonds is 8. The number of anilines is 1. The number of ether oxygens (including phenoxy) is 2. The standard InChI is InChI=1S/C23H26N2O4/c1-15(2)29-20-12-4-16(14-21(20)28-3)5-13-22(26)24-18-8-6-17(7-9-18)23(27)25-19-10-11-19/h4-9,12-15,19H,10-11H2,1-3H3,(H,24,26)(H,25,27)/b13-5+. The third-order valence-electron chi connectivity index (χ3n) is 4.30. The van der Waals surface area contributed by atoms with Crippen LogP contribution in [0.1, 0.15) is 42.6 Å². The van der Waals surface area contributed by atoms with Crippen LogP contribution < -0.4 is 20.1 Å². The van der Waals surface area contributed by atoms with Crippen LogP contribution in [0, 0.1) is 0 Å². The molecule has 2 N–H and O–H groups in total. The van der Waals surface area contributed by atoms with E-state index >= 15 is 0 Å². The molecule has 2 amide bonds. The molecule has 0 bridgehead atoms. The molecule has 0 atom stereocenters. The second-order valence-corrected chi connectivity index (χ2v) is 7.22. The first-order valence-electron chi connectivity index (χ1n) is 9.69. The SMILES string of the molecule is COc1cc(/C=C/C(=O)Nc2ccc(C(=O)NC3CC3)cc2)ccc1OC(C)C. The lowest BCUT2D eigenvalue weighted by atomic mass is 10.1. The fraction of sp³-hybridized carbons (Fsp3) is 0.304. The summed E-state index contributed by atoms with van der Waals surface area (Å²) in [6.45, 7) is 3.90. The highest BCUT2D eigenvalue weighted by Gasteiger charge is 2.23. The van der Waals surface area contributed by atoms with Crippen LogP contribution in [-0.2, 0) is 4.79 Å². The van der Waals surface area contributed by atoms with Gasteiger partial charge in [0.25, 0.3) is 5.91 Å². The van der Waals surface area contributed by atoms with Crippen molar-refractivity contribution >= 4 is 23.6 Å². The predicted molar refractivity (Wildman–Crippen MR) is 113 cm³/mol. The van der Waals surface area contributed by atoms with Crippen LogP contribution in [0.25, 0.3) is 6.08 Å². The minimum Gasteiger partial charge on any atom is -0.493 e. The van der Waals surface area contributed by atoms with Crippen molar-refractivity contribution in [3.8, 4) is 11.5 Å². The first-order valence-corrected chi connectivity index (χ1v) is 9.69. The summed E-state index contributed by atoms with van der Waals surface area (Å²) in [6, 6.07) is 12.7. The van der Waals surface area contributed by atoms with Crippen molar-refractivity contribution < 1.29 is 19.1 Å². The molecule has 0 aliphatic heterocycles. The van der Waals surface area contributed by atoms with Gasteiger partial charge < -0.3 is 20.1 Å². The first kappa shape index (κ1) is 20.5. The van der Waals surface area contributed by atoms with E-state index in [0.717, 1.165) is 18.4 Å². The lowest BCUT2D eigenvalue weighted by Crippen LogP contribution is -2.25. The van der Waals surface area contributed by atoms with Gasteiger partial charge in [-0.25, -0.2) is 0 Å². The van der Waals surface area contributed by atoms with Crippen LogP contribution in [-0.4, -0.2) is 31.1 Å². The molecule has 6 nitrogen and oxygen atoms in total. The van der Waals surface area contributed by atoms with Crippen molar-refractivity contribution in [2.45, 2.75) is 38.8 Å². The molecular formula is C23H26N2O4. The van der Waals surface area contributed by atoms with E-state index in [-0.39, 0.29) is 17.9 Å². The number of carbonyl (C=O) groups excluding carboxylic acids is 2. The first-order chi connectivity index (χ1) is 13.9. The van der Waals surface area contributed by atoms with Crippen molar-refractivity contribution in [1.82, 2.24) is 5.32 Å². The zero-order valence-corrected chi connectivity index (χ0v) is 16.9. The normalized spacial score (nSPS) is 13.4. The largest absolute Gasteiger partial charge is 0.493 e. The zero-order chi connectivity index (χ0) is 20.8. The second-order valence-electron chi connectivity index (χ2n) is 7.22. The number of nitrogens with one attached hydrogen (secondary N) is 2. The van der Waals surface area contributed by atoms with Gasteiger partial charge in [-0.3, -0.25) is 9.59 Å². The van der Waals surface area contributed by atoms with E-state index in [2.05, 4.69) is 10.6 Å². The molecule has 1 aliphatic rings. The van der Waals surface area contributed by atoms with Gasteiger partial charge >= 0.3 is 0 Å². The van der Waals surface area contributed by atoms with Gasteiger partial charge in [0.1, 0.15) is 0 Å². The summed E-state index contributed by atoms with van der Waals surface area (Å²) in [5.74, 6) is 0.932. The Kier molecular flexibility index (Phi) is 6.54. The van der Waals surface area contributed by atoms with Crippen LogP contribution in [0.4, 0.5) is 5.69 Å². The summed E-state index contributed by atoms with van der Waals surface area (Å²) in [7, 11) is 1.58. The molecule has 6 heteroatoms. The molecule has 0 spiro atoms. The van der Waals surface area contributed by atoms with E-state index in [1.54, 1.807) is 37.5 Å². The molecule has 152 valence electrons. The summed E-state index contributed by atoms with van der Waals surface area (Å²) < 4.78 is 11.0. The van der Waals surface area contributed by atoms with Gasteiger partial charge in [-0.05, 0) is 74.7 Å². The zero-order valence-electron chi connectivity index (χ0n) is 16.9. The lowest BCUT2D eigenvalue weighted by Gasteiger charge is -2.13. The Labute approximate surface area is 170 Å². The molecule has 1 saturated carbocycles. The maximum Gasteiger partial charge on any atom is 0.251 e. The lowest BCUT2D eigenvalue weighted by molar-refractivity contribution is -0.111. The Morgan fingerprint density at radius 1 is 1.07 bits per heavy atom. The fourth-order valence-electron chi connectivity index (χ4n) is 2.70. The molecule has 0 radical (unpaired) electrons. The Balaban J connectivity index is 1.58. The van der Waals surface area contributed by atoms with Crippen molar-refractivity contribution in [3.05, 3.63) is 59.7 Å². The average Bonchev–Trinajstić information content (AvgIpc) is 3.51. The molecule has 1 fully saturated rings. The molecule has 1 aliphatic carbocycles. The van der Waals surface area contributed by atoms with Crippen molar-refractivity contribution in [3.63, 3.8) is 0 Å². The minimum absolute atomic E-state index is 0.0437. The van der Waals surface area contributed by atoms with Crippen molar-refractivity contribution in [2.24, 2.45) is 0 Å². The predicted octanol–water partition coefficient (Wildman–Crippen LogP) is 4.03. The summed E-state index contributed by atoms with van der Waals surface area (Å²) >= 11 is 0. The molecule has 2 aromatic carbocycles. The highest BCUT2D eigenvalue weighted by Crippen LogP contribution is 2.29. The highest BCUT2D eigenvalue weighted by molar-refractivity contribution is 6.02. The number of hydrogen-bond donors (Lipinski definition) is 2. The van der Waals surface area contributed by atoms with E-state index in [0.29, 0.717) is 28.8 Å². The number of benzene rings is 2. The minimum atomic E-state index is -0.262. The second kappa shape index (κ2) is 9.28. The summed E-state index contributed by atoms with van der Waals surface area (Å²) in [5.41, 5.74) is 2.03. The van der Waals surface area contributed by atoms with Gasteiger partial charge in [0.15, 0.2) is 11.5 Å². The van der Waals surface area contributed by atoms with Crippen LogP contribution >= 0.6 is 0 Å². The van der Waals surface area contributed by atoms with Gasteiger partial charge in [-0.15, -0.1) is 0 Å². The van der Waals surface area contributed by atoms with Crippen LogP contribution in [0.2, 0.25) is 0 Å². The van der Waals surface area contributed by atoms with Gasteiger partial charge in [-0.1, -0.05) is 6.07 Å². The van der Waals surface area contributed by atoms with E-state index in [1.165, 1.54) is 6.08 Å².